The molecule has 4 heteroatoms. The van der Waals surface area contributed by atoms with E-state index in [2.05, 4.69) is 20.1 Å². The maximum absolute atomic E-state index is 9.36. The van der Waals surface area contributed by atoms with Gasteiger partial charge in [0, 0.05) is 5.41 Å². The van der Waals surface area contributed by atoms with Gasteiger partial charge in [0.1, 0.15) is 0 Å². The van der Waals surface area contributed by atoms with E-state index in [9.17, 15) is 5.11 Å². The lowest BCUT2D eigenvalue weighted by Gasteiger charge is -2.29. The van der Waals surface area contributed by atoms with Crippen molar-refractivity contribution in [1.82, 2.24) is 0 Å². The third-order valence-electron chi connectivity index (χ3n) is 2.87. The molecule has 0 aromatic rings. The Bertz CT molecular complexity index is 216. The van der Waals surface area contributed by atoms with Crippen LogP contribution in [-0.2, 0) is 14.2 Å². The maximum Gasteiger partial charge on any atom is 0.0781 e. The lowest BCUT2D eigenvalue weighted by molar-refractivity contribution is -0.0424. The molecule has 19 heavy (non-hydrogen) atoms. The number of ether oxygens (including phenoxy) is 3. The summed E-state index contributed by atoms with van der Waals surface area (Å²) in [5.41, 5.74) is -0.300. The Balaban J connectivity index is 0.000000678. The van der Waals surface area contributed by atoms with E-state index in [0.717, 1.165) is 13.0 Å². The third-order valence-corrected chi connectivity index (χ3v) is 2.87. The molecule has 112 valence electrons. The van der Waals surface area contributed by atoms with Crippen LogP contribution < -0.4 is 0 Å². The molecule has 1 N–H and O–H groups in total. The monoisotopic (exact) mass is 272 g/mol. The Morgan fingerprint density at radius 3 is 1.89 bits per heavy atom. The van der Waals surface area contributed by atoms with Crippen LogP contribution in [0.3, 0.4) is 0 Å². The van der Waals surface area contributed by atoms with E-state index in [-0.39, 0.29) is 12.0 Å². The predicted molar refractivity (Wildman–Crippen MR) is 77.3 cm³/mol. The predicted octanol–water partition coefficient (Wildman–Crippen LogP) is 2.19. The van der Waals surface area contributed by atoms with Gasteiger partial charge in [0.25, 0.3) is 0 Å². The van der Waals surface area contributed by atoms with Crippen LogP contribution in [0.5, 0.6) is 0 Å². The molecule has 0 bridgehead atoms. The van der Waals surface area contributed by atoms with Gasteiger partial charge in [-0.1, -0.05) is 19.1 Å². The number of aliphatic hydroxyl groups excluding tert-OH is 1. The Kier molecular flexibility index (Phi) is 10.8. The van der Waals surface area contributed by atoms with Crippen LogP contribution in [0.25, 0.3) is 0 Å². The molecule has 1 heterocycles. The molecule has 1 atom stereocenters. The smallest absolute Gasteiger partial charge is 0.0781 e. The highest BCUT2D eigenvalue weighted by Crippen LogP contribution is 2.22. The molecule has 1 aliphatic heterocycles. The zero-order chi connectivity index (χ0) is 14.6. The quantitative estimate of drug-likeness (QED) is 0.376. The molecule has 1 rings (SSSR count). The third kappa shape index (κ3) is 9.85. The first-order valence-corrected chi connectivity index (χ1v) is 6.74. The minimum Gasteiger partial charge on any atom is -0.396 e. The fourth-order valence-electron chi connectivity index (χ4n) is 1.26. The van der Waals surface area contributed by atoms with E-state index in [1.54, 1.807) is 12.2 Å². The Morgan fingerprint density at radius 2 is 1.68 bits per heavy atom. The number of epoxide rings is 1. The normalized spacial score (nSPS) is 17.3. The van der Waals surface area contributed by atoms with E-state index in [4.69, 9.17) is 14.2 Å². The van der Waals surface area contributed by atoms with Crippen molar-refractivity contribution in [3.8, 4) is 0 Å². The van der Waals surface area contributed by atoms with Crippen molar-refractivity contribution in [2.45, 2.75) is 26.4 Å². The molecule has 1 unspecified atom stereocenters. The second kappa shape index (κ2) is 11.2. The van der Waals surface area contributed by atoms with E-state index in [1.807, 2.05) is 6.92 Å². The van der Waals surface area contributed by atoms with Crippen molar-refractivity contribution < 1.29 is 19.3 Å². The summed E-state index contributed by atoms with van der Waals surface area (Å²) in [6.45, 7) is 14.3. The molecule has 0 aromatic heterocycles. The van der Waals surface area contributed by atoms with Crippen LogP contribution in [0.4, 0.5) is 0 Å². The van der Waals surface area contributed by atoms with Gasteiger partial charge in [-0.25, -0.2) is 0 Å². The van der Waals surface area contributed by atoms with Gasteiger partial charge >= 0.3 is 0 Å². The molecule has 0 radical (unpaired) electrons. The summed E-state index contributed by atoms with van der Waals surface area (Å²) in [6.07, 6.45) is 4.79. The SMILES string of the molecule is C=CCOCC(CC)(CO)COCC=C.CC1CO1. The molecule has 1 fully saturated rings. The average molecular weight is 272 g/mol. The molecule has 1 saturated heterocycles. The topological polar surface area (TPSA) is 51.2 Å². The zero-order valence-corrected chi connectivity index (χ0v) is 12.3. The van der Waals surface area contributed by atoms with Crippen molar-refractivity contribution >= 4 is 0 Å². The van der Waals surface area contributed by atoms with Gasteiger partial charge in [-0.2, -0.15) is 0 Å². The standard InChI is InChI=1S/C12H22O3.C3H6O/c1-4-7-14-10-12(6-3,9-13)11-15-8-5-2;1-3-2-4-3/h4-5,13H,1-2,6-11H2,3H3;3H,2H2,1H3. The average Bonchev–Trinajstić information content (AvgIpc) is 3.21. The van der Waals surface area contributed by atoms with Crippen molar-refractivity contribution in [2.24, 2.45) is 5.41 Å². The Hall–Kier alpha value is -0.680. The first kappa shape index (κ1) is 18.3. The van der Waals surface area contributed by atoms with Gasteiger partial charge in [-0.05, 0) is 13.3 Å². The number of hydrogen-bond donors (Lipinski definition) is 1. The molecule has 1 aliphatic rings. The van der Waals surface area contributed by atoms with Crippen LogP contribution in [0.2, 0.25) is 0 Å². The molecule has 0 aromatic carbocycles. The van der Waals surface area contributed by atoms with Gasteiger partial charge < -0.3 is 19.3 Å². The van der Waals surface area contributed by atoms with E-state index in [1.165, 1.54) is 0 Å². The van der Waals surface area contributed by atoms with E-state index >= 15 is 0 Å². The van der Waals surface area contributed by atoms with Gasteiger partial charge in [-0.15, -0.1) is 13.2 Å². The molecular formula is C15H28O4. The highest BCUT2D eigenvalue weighted by atomic mass is 16.6. The first-order valence-electron chi connectivity index (χ1n) is 6.74. The molecular weight excluding hydrogens is 244 g/mol. The fraction of sp³-hybridized carbons (Fsp3) is 0.733. The number of aliphatic hydroxyl groups is 1. The van der Waals surface area contributed by atoms with Crippen molar-refractivity contribution in [1.29, 1.82) is 0 Å². The summed E-state index contributed by atoms with van der Waals surface area (Å²) in [5, 5.41) is 9.36. The molecule has 4 nitrogen and oxygen atoms in total. The van der Waals surface area contributed by atoms with Gasteiger partial charge in [0.05, 0.1) is 45.7 Å². The largest absolute Gasteiger partial charge is 0.396 e. The van der Waals surface area contributed by atoms with Gasteiger partial charge in [-0.3, -0.25) is 0 Å². The van der Waals surface area contributed by atoms with Crippen LogP contribution in [0, 0.1) is 5.41 Å². The summed E-state index contributed by atoms with van der Waals surface area (Å²) in [6, 6.07) is 0. The minimum atomic E-state index is -0.300. The summed E-state index contributed by atoms with van der Waals surface area (Å²) in [4.78, 5) is 0. The summed E-state index contributed by atoms with van der Waals surface area (Å²) in [7, 11) is 0. The van der Waals surface area contributed by atoms with Crippen LogP contribution in [-0.4, -0.2) is 50.9 Å². The first-order chi connectivity index (χ1) is 9.14. The minimum absolute atomic E-state index is 0.0672. The molecule has 0 saturated carbocycles. The second-order valence-corrected chi connectivity index (χ2v) is 4.76. The van der Waals surface area contributed by atoms with Crippen molar-refractivity contribution in [2.75, 3.05) is 39.6 Å². The van der Waals surface area contributed by atoms with Crippen LogP contribution in [0.1, 0.15) is 20.3 Å². The summed E-state index contributed by atoms with van der Waals surface area (Å²) < 4.78 is 15.5. The maximum atomic E-state index is 9.36. The van der Waals surface area contributed by atoms with Gasteiger partial charge in [0.15, 0.2) is 0 Å². The summed E-state index contributed by atoms with van der Waals surface area (Å²) >= 11 is 0. The highest BCUT2D eigenvalue weighted by Gasteiger charge is 2.28. The van der Waals surface area contributed by atoms with Crippen LogP contribution >= 0.6 is 0 Å². The Morgan fingerprint density at radius 1 is 1.26 bits per heavy atom. The van der Waals surface area contributed by atoms with Gasteiger partial charge in [0.2, 0.25) is 0 Å². The Labute approximate surface area is 117 Å². The van der Waals surface area contributed by atoms with Crippen molar-refractivity contribution in [3.63, 3.8) is 0 Å². The molecule has 0 amide bonds. The number of hydrogen-bond acceptors (Lipinski definition) is 4. The molecule has 0 spiro atoms. The lowest BCUT2D eigenvalue weighted by atomic mass is 9.88. The van der Waals surface area contributed by atoms with E-state index < -0.39 is 0 Å². The van der Waals surface area contributed by atoms with Crippen LogP contribution in [0.15, 0.2) is 25.3 Å². The lowest BCUT2D eigenvalue weighted by Crippen LogP contribution is -2.35. The summed E-state index contributed by atoms with van der Waals surface area (Å²) in [5.74, 6) is 0. The number of rotatable bonds is 10. The second-order valence-electron chi connectivity index (χ2n) is 4.76. The highest BCUT2D eigenvalue weighted by molar-refractivity contribution is 4.78. The molecule has 0 aliphatic carbocycles. The fourth-order valence-corrected chi connectivity index (χ4v) is 1.26. The zero-order valence-electron chi connectivity index (χ0n) is 12.3. The van der Waals surface area contributed by atoms with E-state index in [0.29, 0.717) is 32.5 Å². The van der Waals surface area contributed by atoms with Crippen molar-refractivity contribution in [3.05, 3.63) is 25.3 Å².